The van der Waals surface area contributed by atoms with Crippen LogP contribution in [-0.2, 0) is 9.78 Å². The maximum atomic E-state index is 5.16. The minimum absolute atomic E-state index is 0.0463. The molecule has 1 aliphatic rings. The molecule has 0 N–H and O–H groups in total. The second-order valence-electron chi connectivity index (χ2n) is 3.20. The predicted molar refractivity (Wildman–Crippen MR) is 50.0 cm³/mol. The average molecular weight is 176 g/mol. The summed E-state index contributed by atoms with van der Waals surface area (Å²) in [4.78, 5) is 10.1. The molecule has 0 fully saturated rings. The minimum atomic E-state index is -0.0463. The van der Waals surface area contributed by atoms with Gasteiger partial charge in [-0.1, -0.05) is 30.3 Å². The normalized spacial score (nSPS) is 22.5. The molecule has 68 valence electrons. The van der Waals surface area contributed by atoms with E-state index in [2.05, 4.69) is 6.08 Å². The number of hydrogen-bond acceptors (Lipinski definition) is 2. The van der Waals surface area contributed by atoms with Crippen LogP contribution in [0.2, 0.25) is 0 Å². The molecule has 0 radical (unpaired) electrons. The van der Waals surface area contributed by atoms with Crippen LogP contribution in [0.1, 0.15) is 18.6 Å². The molecule has 1 heterocycles. The van der Waals surface area contributed by atoms with Crippen molar-refractivity contribution in [2.45, 2.75) is 13.0 Å². The van der Waals surface area contributed by atoms with E-state index in [0.717, 1.165) is 5.56 Å². The van der Waals surface area contributed by atoms with Gasteiger partial charge in [0.05, 0.1) is 0 Å². The van der Waals surface area contributed by atoms with Gasteiger partial charge in [-0.15, -0.1) is 0 Å². The highest BCUT2D eigenvalue weighted by atomic mass is 17.2. The zero-order valence-electron chi connectivity index (χ0n) is 7.57. The summed E-state index contributed by atoms with van der Waals surface area (Å²) in [6.45, 7) is 2.61. The molecule has 2 heteroatoms. The Bertz CT molecular complexity index is 303. The lowest BCUT2D eigenvalue weighted by Crippen LogP contribution is -2.10. The second kappa shape index (κ2) is 3.73. The van der Waals surface area contributed by atoms with E-state index in [9.17, 15) is 0 Å². The van der Waals surface area contributed by atoms with E-state index in [1.54, 1.807) is 0 Å². The van der Waals surface area contributed by atoms with Gasteiger partial charge in [0.15, 0.2) is 0 Å². The van der Waals surface area contributed by atoms with Crippen molar-refractivity contribution in [1.29, 1.82) is 0 Å². The topological polar surface area (TPSA) is 18.5 Å². The van der Waals surface area contributed by atoms with E-state index in [0.29, 0.717) is 6.61 Å². The van der Waals surface area contributed by atoms with Gasteiger partial charge >= 0.3 is 0 Å². The first-order valence-electron chi connectivity index (χ1n) is 4.37. The Hall–Kier alpha value is -1.12. The summed E-state index contributed by atoms with van der Waals surface area (Å²) in [5.74, 6) is 0. The highest BCUT2D eigenvalue weighted by molar-refractivity contribution is 5.23. The number of hydrogen-bond donors (Lipinski definition) is 0. The van der Waals surface area contributed by atoms with Gasteiger partial charge in [-0.25, -0.2) is 9.78 Å². The van der Waals surface area contributed by atoms with Crippen LogP contribution in [0.15, 0.2) is 42.0 Å². The van der Waals surface area contributed by atoms with E-state index in [1.165, 1.54) is 5.57 Å². The molecular formula is C11H12O2. The van der Waals surface area contributed by atoms with Crippen molar-refractivity contribution in [2.75, 3.05) is 6.61 Å². The standard InChI is InChI=1S/C11H12O2/c1-9-7-11(13-12-8-9)10-5-3-2-4-6-10/h2-7,11H,8H2,1H3/t11-/m0/s1. The maximum absolute atomic E-state index is 5.16. The molecule has 1 aromatic carbocycles. The van der Waals surface area contributed by atoms with Crippen LogP contribution in [-0.4, -0.2) is 6.61 Å². The highest BCUT2D eigenvalue weighted by Gasteiger charge is 2.14. The first-order valence-corrected chi connectivity index (χ1v) is 4.37. The summed E-state index contributed by atoms with van der Waals surface area (Å²) >= 11 is 0. The third-order valence-electron chi connectivity index (χ3n) is 2.02. The summed E-state index contributed by atoms with van der Waals surface area (Å²) in [5.41, 5.74) is 2.33. The Morgan fingerprint density at radius 2 is 2.00 bits per heavy atom. The molecule has 0 bridgehead atoms. The molecule has 2 rings (SSSR count). The van der Waals surface area contributed by atoms with Crippen molar-refractivity contribution in [3.63, 3.8) is 0 Å². The molecule has 0 aromatic heterocycles. The van der Waals surface area contributed by atoms with Crippen molar-refractivity contribution < 1.29 is 9.78 Å². The summed E-state index contributed by atoms with van der Waals surface area (Å²) in [7, 11) is 0. The van der Waals surface area contributed by atoms with Crippen molar-refractivity contribution in [3.05, 3.63) is 47.5 Å². The molecule has 13 heavy (non-hydrogen) atoms. The fourth-order valence-electron chi connectivity index (χ4n) is 1.33. The van der Waals surface area contributed by atoms with Crippen LogP contribution < -0.4 is 0 Å². The summed E-state index contributed by atoms with van der Waals surface area (Å²) in [5, 5.41) is 0. The summed E-state index contributed by atoms with van der Waals surface area (Å²) < 4.78 is 0. The molecule has 1 aromatic rings. The first-order chi connectivity index (χ1) is 6.36. The first kappa shape index (κ1) is 8.48. The largest absolute Gasteiger partial charge is 0.231 e. The van der Waals surface area contributed by atoms with Crippen molar-refractivity contribution >= 4 is 0 Å². The lowest BCUT2D eigenvalue weighted by atomic mass is 10.1. The highest BCUT2D eigenvalue weighted by Crippen LogP contribution is 2.23. The Balaban J connectivity index is 2.22. The zero-order chi connectivity index (χ0) is 9.10. The van der Waals surface area contributed by atoms with Crippen molar-refractivity contribution in [3.8, 4) is 0 Å². The lowest BCUT2D eigenvalue weighted by Gasteiger charge is -2.19. The molecule has 0 aliphatic carbocycles. The molecule has 0 spiro atoms. The maximum Gasteiger partial charge on any atom is 0.136 e. The summed E-state index contributed by atoms with van der Waals surface area (Å²) in [6, 6.07) is 10.0. The van der Waals surface area contributed by atoms with Crippen LogP contribution >= 0.6 is 0 Å². The van der Waals surface area contributed by atoms with Gasteiger partial charge in [-0.05, 0) is 24.1 Å². The Labute approximate surface area is 77.7 Å². The fraction of sp³-hybridized carbons (Fsp3) is 0.273. The lowest BCUT2D eigenvalue weighted by molar-refractivity contribution is -0.318. The van der Waals surface area contributed by atoms with Crippen LogP contribution in [0.3, 0.4) is 0 Å². The van der Waals surface area contributed by atoms with E-state index in [1.807, 2.05) is 37.3 Å². The van der Waals surface area contributed by atoms with Crippen LogP contribution in [0.5, 0.6) is 0 Å². The van der Waals surface area contributed by atoms with Crippen molar-refractivity contribution in [2.24, 2.45) is 0 Å². The monoisotopic (exact) mass is 176 g/mol. The molecule has 0 unspecified atom stereocenters. The molecule has 0 amide bonds. The average Bonchev–Trinajstić information content (AvgIpc) is 2.19. The van der Waals surface area contributed by atoms with Gasteiger partial charge in [0, 0.05) is 0 Å². The molecule has 2 nitrogen and oxygen atoms in total. The Kier molecular flexibility index (Phi) is 2.43. The quantitative estimate of drug-likeness (QED) is 0.483. The van der Waals surface area contributed by atoms with Gasteiger partial charge in [0.1, 0.15) is 12.7 Å². The predicted octanol–water partition coefficient (Wildman–Crippen LogP) is 2.64. The van der Waals surface area contributed by atoms with Crippen LogP contribution in [0.4, 0.5) is 0 Å². The van der Waals surface area contributed by atoms with E-state index >= 15 is 0 Å². The van der Waals surface area contributed by atoms with Gasteiger partial charge in [0.25, 0.3) is 0 Å². The van der Waals surface area contributed by atoms with Crippen LogP contribution in [0.25, 0.3) is 0 Å². The number of rotatable bonds is 1. The molecule has 0 saturated carbocycles. The van der Waals surface area contributed by atoms with Gasteiger partial charge < -0.3 is 0 Å². The Morgan fingerprint density at radius 3 is 2.69 bits per heavy atom. The molecular weight excluding hydrogens is 164 g/mol. The third kappa shape index (κ3) is 1.97. The Morgan fingerprint density at radius 1 is 1.23 bits per heavy atom. The fourth-order valence-corrected chi connectivity index (χ4v) is 1.33. The minimum Gasteiger partial charge on any atom is -0.231 e. The second-order valence-corrected chi connectivity index (χ2v) is 3.20. The molecule has 1 atom stereocenters. The van der Waals surface area contributed by atoms with E-state index < -0.39 is 0 Å². The van der Waals surface area contributed by atoms with Gasteiger partial charge in [-0.3, -0.25) is 0 Å². The zero-order valence-corrected chi connectivity index (χ0v) is 7.57. The third-order valence-corrected chi connectivity index (χ3v) is 2.02. The van der Waals surface area contributed by atoms with E-state index in [4.69, 9.17) is 9.78 Å². The SMILES string of the molecule is CC1=C[C@@H](c2ccccc2)OOC1. The van der Waals surface area contributed by atoms with E-state index in [-0.39, 0.29) is 6.10 Å². The molecule has 1 aliphatic heterocycles. The van der Waals surface area contributed by atoms with Crippen LogP contribution in [0, 0.1) is 0 Å². The smallest absolute Gasteiger partial charge is 0.136 e. The van der Waals surface area contributed by atoms with Crippen molar-refractivity contribution in [1.82, 2.24) is 0 Å². The number of benzene rings is 1. The van der Waals surface area contributed by atoms with Gasteiger partial charge in [-0.2, -0.15) is 0 Å². The van der Waals surface area contributed by atoms with Gasteiger partial charge in [0.2, 0.25) is 0 Å². The summed E-state index contributed by atoms with van der Waals surface area (Å²) in [6.07, 6.45) is 2.04. The molecule has 0 saturated heterocycles.